The zero-order valence-electron chi connectivity index (χ0n) is 13.6. The van der Waals surface area contributed by atoms with Gasteiger partial charge in [-0.3, -0.25) is 0 Å². The molecule has 4 heteroatoms. The van der Waals surface area contributed by atoms with E-state index in [0.717, 1.165) is 55.1 Å². The molecule has 1 aromatic heterocycles. The van der Waals surface area contributed by atoms with Crippen LogP contribution in [0.3, 0.4) is 0 Å². The Kier molecular flexibility index (Phi) is 4.88. The Morgan fingerprint density at radius 3 is 2.67 bits per heavy atom. The lowest BCUT2D eigenvalue weighted by molar-refractivity contribution is 0.129. The molecule has 116 valence electrons. The number of rotatable bonds is 6. The third kappa shape index (κ3) is 3.76. The zero-order chi connectivity index (χ0) is 15.5. The van der Waals surface area contributed by atoms with Gasteiger partial charge in [0, 0.05) is 30.9 Å². The molecule has 0 fully saturated rings. The van der Waals surface area contributed by atoms with E-state index < -0.39 is 0 Å². The van der Waals surface area contributed by atoms with Crippen LogP contribution in [0.1, 0.15) is 46.4 Å². The third-order valence-corrected chi connectivity index (χ3v) is 3.46. The van der Waals surface area contributed by atoms with Crippen molar-refractivity contribution in [2.24, 2.45) is 0 Å². The normalized spacial score (nSPS) is 12.2. The Morgan fingerprint density at radius 1 is 1.24 bits per heavy atom. The van der Waals surface area contributed by atoms with E-state index in [2.05, 4.69) is 38.3 Å². The van der Waals surface area contributed by atoms with Crippen LogP contribution in [0.4, 0.5) is 5.69 Å². The average molecular weight is 289 g/mol. The number of ether oxygens (including phenoxy) is 1. The van der Waals surface area contributed by atoms with Crippen molar-refractivity contribution in [1.29, 1.82) is 0 Å². The van der Waals surface area contributed by atoms with Crippen LogP contribution in [0, 0.1) is 0 Å². The van der Waals surface area contributed by atoms with Crippen LogP contribution in [0.25, 0.3) is 11.0 Å². The Morgan fingerprint density at radius 2 is 2.00 bits per heavy atom. The number of hydrogen-bond donors (Lipinski definition) is 1. The predicted molar refractivity (Wildman–Crippen MR) is 88.6 cm³/mol. The van der Waals surface area contributed by atoms with Crippen LogP contribution >= 0.6 is 0 Å². The van der Waals surface area contributed by atoms with Crippen molar-refractivity contribution < 1.29 is 4.74 Å². The second-order valence-corrected chi connectivity index (χ2v) is 6.55. The van der Waals surface area contributed by atoms with Gasteiger partial charge >= 0.3 is 0 Å². The number of nitrogen functional groups attached to an aromatic ring is 1. The summed E-state index contributed by atoms with van der Waals surface area (Å²) in [5.41, 5.74) is 8.79. The summed E-state index contributed by atoms with van der Waals surface area (Å²) in [5, 5.41) is 0. The molecule has 1 aromatic carbocycles. The first kappa shape index (κ1) is 15.8. The molecule has 0 radical (unpaired) electrons. The summed E-state index contributed by atoms with van der Waals surface area (Å²) in [6.45, 7) is 11.3. The van der Waals surface area contributed by atoms with E-state index in [0.29, 0.717) is 0 Å². The minimum absolute atomic E-state index is 0.0120. The number of aryl methyl sites for hydroxylation is 1. The number of fused-ring (bicyclic) bond motifs is 1. The number of nitrogens with two attached hydrogens (primary N) is 1. The van der Waals surface area contributed by atoms with E-state index in [4.69, 9.17) is 15.5 Å². The summed E-state index contributed by atoms with van der Waals surface area (Å²) in [7, 11) is 0. The van der Waals surface area contributed by atoms with Crippen LogP contribution < -0.4 is 5.73 Å². The summed E-state index contributed by atoms with van der Waals surface area (Å²) in [4.78, 5) is 4.80. The fourth-order valence-corrected chi connectivity index (χ4v) is 2.52. The molecule has 0 spiro atoms. The van der Waals surface area contributed by atoms with Crippen molar-refractivity contribution in [3.63, 3.8) is 0 Å². The molecule has 0 unspecified atom stereocenters. The smallest absolute Gasteiger partial charge is 0.115 e. The molecule has 1 heterocycles. The third-order valence-electron chi connectivity index (χ3n) is 3.46. The van der Waals surface area contributed by atoms with Crippen molar-refractivity contribution in [2.75, 3.05) is 18.9 Å². The Bertz CT molecular complexity index is 596. The summed E-state index contributed by atoms with van der Waals surface area (Å²) >= 11 is 0. The second kappa shape index (κ2) is 6.48. The van der Waals surface area contributed by atoms with Crippen molar-refractivity contribution in [2.45, 2.75) is 52.5 Å². The highest BCUT2D eigenvalue weighted by molar-refractivity contribution is 5.79. The quantitative estimate of drug-likeness (QED) is 0.651. The highest BCUT2D eigenvalue weighted by Gasteiger charge is 2.22. The molecule has 2 N–H and O–H groups in total. The molecule has 0 saturated carbocycles. The Labute approximate surface area is 127 Å². The van der Waals surface area contributed by atoms with Crippen molar-refractivity contribution in [3.05, 3.63) is 24.0 Å². The maximum absolute atomic E-state index is 5.88. The van der Waals surface area contributed by atoms with Crippen molar-refractivity contribution in [3.8, 4) is 0 Å². The molecule has 0 aliphatic carbocycles. The minimum atomic E-state index is 0.0120. The monoisotopic (exact) mass is 289 g/mol. The molecule has 0 bridgehead atoms. The fourth-order valence-electron chi connectivity index (χ4n) is 2.52. The van der Waals surface area contributed by atoms with E-state index >= 15 is 0 Å². The highest BCUT2D eigenvalue weighted by atomic mass is 16.5. The number of aromatic nitrogens is 2. The topological polar surface area (TPSA) is 53.1 Å². The fraction of sp³-hybridized carbons (Fsp3) is 0.588. The molecule has 0 saturated heterocycles. The molecule has 4 nitrogen and oxygen atoms in total. The second-order valence-electron chi connectivity index (χ2n) is 6.55. The van der Waals surface area contributed by atoms with Gasteiger partial charge in [0.1, 0.15) is 5.82 Å². The highest BCUT2D eigenvalue weighted by Crippen LogP contribution is 2.27. The standard InChI is InChI=1S/C17H27N3O/c1-5-10-21-11-6-9-20-15-8-7-13(18)12-14(15)19-16(20)17(2,3)4/h7-8,12H,5-6,9-11,18H2,1-4H3. The van der Waals surface area contributed by atoms with Crippen LogP contribution in [0.5, 0.6) is 0 Å². The number of imidazole rings is 1. The number of nitrogens with zero attached hydrogens (tertiary/aromatic N) is 2. The molecule has 0 atom stereocenters. The van der Waals surface area contributed by atoms with E-state index in [-0.39, 0.29) is 5.41 Å². The summed E-state index contributed by atoms with van der Waals surface area (Å²) in [6, 6.07) is 5.97. The van der Waals surface area contributed by atoms with Crippen molar-refractivity contribution in [1.82, 2.24) is 9.55 Å². The van der Waals surface area contributed by atoms with E-state index in [1.54, 1.807) is 0 Å². The lowest BCUT2D eigenvalue weighted by Crippen LogP contribution is -2.19. The van der Waals surface area contributed by atoms with Gasteiger partial charge in [0.05, 0.1) is 11.0 Å². The van der Waals surface area contributed by atoms with Crippen LogP contribution in [0.2, 0.25) is 0 Å². The maximum atomic E-state index is 5.88. The lowest BCUT2D eigenvalue weighted by Gasteiger charge is -2.20. The van der Waals surface area contributed by atoms with E-state index in [1.807, 2.05) is 12.1 Å². The summed E-state index contributed by atoms with van der Waals surface area (Å²) in [6.07, 6.45) is 2.07. The van der Waals surface area contributed by atoms with Gasteiger partial charge < -0.3 is 15.0 Å². The Balaban J connectivity index is 2.26. The molecule has 0 aliphatic rings. The van der Waals surface area contributed by atoms with Gasteiger partial charge in [-0.1, -0.05) is 27.7 Å². The van der Waals surface area contributed by atoms with E-state index in [9.17, 15) is 0 Å². The van der Waals surface area contributed by atoms with Crippen LogP contribution in [-0.4, -0.2) is 22.8 Å². The number of benzene rings is 1. The summed E-state index contributed by atoms with van der Waals surface area (Å²) < 4.78 is 7.89. The molecular formula is C17H27N3O. The van der Waals surface area contributed by atoms with Gasteiger partial charge in [0.2, 0.25) is 0 Å². The first-order valence-corrected chi connectivity index (χ1v) is 7.77. The molecule has 21 heavy (non-hydrogen) atoms. The van der Waals surface area contributed by atoms with Crippen molar-refractivity contribution >= 4 is 16.7 Å². The SMILES string of the molecule is CCCOCCCn1c(C(C)(C)C)nc2cc(N)ccc21. The van der Waals surface area contributed by atoms with Gasteiger partial charge in [-0.15, -0.1) is 0 Å². The van der Waals surface area contributed by atoms with Crippen LogP contribution in [-0.2, 0) is 16.7 Å². The molecule has 0 aliphatic heterocycles. The van der Waals surface area contributed by atoms with Gasteiger partial charge in [-0.05, 0) is 31.0 Å². The average Bonchev–Trinajstić information content (AvgIpc) is 2.76. The largest absolute Gasteiger partial charge is 0.399 e. The first-order valence-electron chi connectivity index (χ1n) is 7.77. The molecule has 2 rings (SSSR count). The lowest BCUT2D eigenvalue weighted by atomic mass is 9.95. The molecule has 0 amide bonds. The predicted octanol–water partition coefficient (Wildman–Crippen LogP) is 3.73. The summed E-state index contributed by atoms with van der Waals surface area (Å²) in [5.74, 6) is 1.11. The van der Waals surface area contributed by atoms with E-state index in [1.165, 1.54) is 0 Å². The number of hydrogen-bond acceptors (Lipinski definition) is 3. The van der Waals surface area contributed by atoms with Gasteiger partial charge in [0.25, 0.3) is 0 Å². The minimum Gasteiger partial charge on any atom is -0.399 e. The molecule has 2 aromatic rings. The maximum Gasteiger partial charge on any atom is 0.115 e. The zero-order valence-corrected chi connectivity index (χ0v) is 13.6. The Hall–Kier alpha value is -1.55. The van der Waals surface area contributed by atoms with Crippen LogP contribution in [0.15, 0.2) is 18.2 Å². The van der Waals surface area contributed by atoms with Gasteiger partial charge in [-0.25, -0.2) is 4.98 Å². The molecular weight excluding hydrogens is 262 g/mol. The number of anilines is 1. The van der Waals surface area contributed by atoms with Gasteiger partial charge in [-0.2, -0.15) is 0 Å². The first-order chi connectivity index (χ1) is 9.93. The van der Waals surface area contributed by atoms with Gasteiger partial charge in [0.15, 0.2) is 0 Å².